The molecule has 0 N–H and O–H groups in total. The van der Waals surface area contributed by atoms with E-state index in [2.05, 4.69) is 30.7 Å². The van der Waals surface area contributed by atoms with Crippen LogP contribution in [0.3, 0.4) is 0 Å². The molecule has 0 aliphatic rings. The number of hydrogen-bond donors (Lipinski definition) is 0. The van der Waals surface area contributed by atoms with Gasteiger partial charge in [-0.1, -0.05) is 20.8 Å². The summed E-state index contributed by atoms with van der Waals surface area (Å²) < 4.78 is 32.5. The van der Waals surface area contributed by atoms with E-state index in [9.17, 15) is 8.78 Å². The van der Waals surface area contributed by atoms with E-state index >= 15 is 0 Å². The van der Waals surface area contributed by atoms with Crippen LogP contribution in [0.4, 0.5) is 8.78 Å². The predicted octanol–water partition coefficient (Wildman–Crippen LogP) is 5.45. The van der Waals surface area contributed by atoms with Gasteiger partial charge >= 0.3 is 0 Å². The fourth-order valence-corrected chi connectivity index (χ4v) is 2.73. The molecule has 0 aliphatic heterocycles. The molecule has 1 unspecified atom stereocenters. The molecule has 24 heavy (non-hydrogen) atoms. The summed E-state index contributed by atoms with van der Waals surface area (Å²) in [6.45, 7) is 8.62. The first kappa shape index (κ1) is 18.3. The smallest absolute Gasteiger partial charge is 0.267 e. The van der Waals surface area contributed by atoms with Crippen LogP contribution in [-0.4, -0.2) is 16.6 Å². The molecule has 0 saturated heterocycles. The summed E-state index contributed by atoms with van der Waals surface area (Å²) >= 11 is 0. The Morgan fingerprint density at radius 2 is 1.83 bits per heavy atom. The largest absolute Gasteiger partial charge is 0.493 e. The molecule has 0 bridgehead atoms. The van der Waals surface area contributed by atoms with Crippen LogP contribution < -0.4 is 4.74 Å². The molecule has 1 atom stereocenters. The highest BCUT2D eigenvalue weighted by molar-refractivity contribution is 5.62. The summed E-state index contributed by atoms with van der Waals surface area (Å²) in [7, 11) is 0. The van der Waals surface area contributed by atoms with E-state index in [1.54, 1.807) is 18.2 Å². The lowest BCUT2D eigenvalue weighted by Crippen LogP contribution is -2.12. The van der Waals surface area contributed by atoms with Gasteiger partial charge in [-0.05, 0) is 49.4 Å². The average Bonchev–Trinajstić information content (AvgIpc) is 2.52. The molecular weight excluding hydrogens is 310 g/mol. The predicted molar refractivity (Wildman–Crippen MR) is 91.3 cm³/mol. The number of hydrogen-bond acceptors (Lipinski definition) is 3. The zero-order valence-corrected chi connectivity index (χ0v) is 14.6. The monoisotopic (exact) mass is 334 g/mol. The van der Waals surface area contributed by atoms with Crippen LogP contribution in [0, 0.1) is 18.8 Å². The Hall–Kier alpha value is -2.04. The number of ether oxygens (including phenoxy) is 1. The second-order valence-corrected chi connectivity index (χ2v) is 6.64. The number of aryl methyl sites for hydroxylation is 1. The Morgan fingerprint density at radius 3 is 2.46 bits per heavy atom. The summed E-state index contributed by atoms with van der Waals surface area (Å²) in [5.41, 5.74) is 1.96. The van der Waals surface area contributed by atoms with Gasteiger partial charge in [-0.3, -0.25) is 0 Å². The van der Waals surface area contributed by atoms with Crippen LogP contribution >= 0.6 is 0 Å². The quantitative estimate of drug-likeness (QED) is 0.675. The molecule has 0 fully saturated rings. The van der Waals surface area contributed by atoms with Gasteiger partial charge in [0.15, 0.2) is 0 Å². The maximum Gasteiger partial charge on any atom is 0.267 e. The molecule has 2 rings (SSSR count). The van der Waals surface area contributed by atoms with Crippen molar-refractivity contribution in [2.24, 2.45) is 11.8 Å². The number of rotatable bonds is 7. The number of alkyl halides is 2. The van der Waals surface area contributed by atoms with Crippen molar-refractivity contribution in [3.8, 4) is 17.0 Å². The van der Waals surface area contributed by atoms with Gasteiger partial charge in [-0.25, -0.2) is 18.7 Å². The first-order valence-corrected chi connectivity index (χ1v) is 8.20. The average molecular weight is 334 g/mol. The third kappa shape index (κ3) is 4.98. The minimum atomic E-state index is -2.59. The molecule has 3 nitrogen and oxygen atoms in total. The van der Waals surface area contributed by atoms with Crippen molar-refractivity contribution in [2.75, 3.05) is 6.61 Å². The van der Waals surface area contributed by atoms with Gasteiger partial charge in [0.25, 0.3) is 6.43 Å². The third-order valence-corrected chi connectivity index (χ3v) is 3.74. The second-order valence-electron chi connectivity index (χ2n) is 6.64. The molecule has 0 saturated carbocycles. The fraction of sp³-hybridized carbons (Fsp3) is 0.474. The topological polar surface area (TPSA) is 35.0 Å². The van der Waals surface area contributed by atoms with Gasteiger partial charge in [0.2, 0.25) is 0 Å². The summed E-state index contributed by atoms with van der Waals surface area (Å²) in [4.78, 5) is 8.18. The van der Waals surface area contributed by atoms with Crippen molar-refractivity contribution in [1.29, 1.82) is 0 Å². The van der Waals surface area contributed by atoms with E-state index in [0.717, 1.165) is 12.1 Å². The molecular formula is C19H24F2N2O. The van der Waals surface area contributed by atoms with E-state index < -0.39 is 6.43 Å². The molecule has 1 heterocycles. The van der Waals surface area contributed by atoms with Crippen molar-refractivity contribution in [2.45, 2.75) is 40.5 Å². The first-order valence-electron chi connectivity index (χ1n) is 8.20. The molecule has 0 radical (unpaired) electrons. The van der Waals surface area contributed by atoms with Crippen molar-refractivity contribution in [1.82, 2.24) is 9.97 Å². The molecule has 1 aromatic heterocycles. The van der Waals surface area contributed by atoms with Gasteiger partial charge < -0.3 is 4.74 Å². The molecule has 2 aromatic rings. The Bertz CT molecular complexity index is 674. The summed E-state index contributed by atoms with van der Waals surface area (Å²) in [6.07, 6.45) is -0.157. The Balaban J connectivity index is 2.21. The lowest BCUT2D eigenvalue weighted by atomic mass is 10.00. The van der Waals surface area contributed by atoms with Crippen molar-refractivity contribution in [3.05, 3.63) is 41.9 Å². The third-order valence-electron chi connectivity index (χ3n) is 3.74. The van der Waals surface area contributed by atoms with Crippen LogP contribution in [0.1, 0.15) is 44.9 Å². The van der Waals surface area contributed by atoms with Gasteiger partial charge in [0, 0.05) is 11.3 Å². The zero-order valence-electron chi connectivity index (χ0n) is 14.6. The SMILES string of the molecule is Cc1cc(-c2ccc(OCC(C)CC(C)C)c(C(F)F)c2)ncn1. The lowest BCUT2D eigenvalue weighted by Gasteiger charge is -2.17. The van der Waals surface area contributed by atoms with E-state index in [0.29, 0.717) is 29.7 Å². The summed E-state index contributed by atoms with van der Waals surface area (Å²) in [6, 6.07) is 6.59. The maximum absolute atomic E-state index is 13.4. The van der Waals surface area contributed by atoms with Crippen LogP contribution in [0.2, 0.25) is 0 Å². The number of benzene rings is 1. The molecule has 130 valence electrons. The summed E-state index contributed by atoms with van der Waals surface area (Å²) in [5.74, 6) is 1.12. The Labute approximate surface area is 142 Å². The Kier molecular flexibility index (Phi) is 6.23. The summed E-state index contributed by atoms with van der Waals surface area (Å²) in [5, 5.41) is 0. The van der Waals surface area contributed by atoms with Crippen LogP contribution in [0.5, 0.6) is 5.75 Å². The van der Waals surface area contributed by atoms with Gasteiger partial charge in [-0.2, -0.15) is 0 Å². The van der Waals surface area contributed by atoms with E-state index in [1.807, 2.05) is 6.92 Å². The number of halogens is 2. The number of nitrogens with zero attached hydrogens (tertiary/aromatic N) is 2. The fourth-order valence-electron chi connectivity index (χ4n) is 2.73. The van der Waals surface area contributed by atoms with E-state index in [-0.39, 0.29) is 11.3 Å². The highest BCUT2D eigenvalue weighted by atomic mass is 19.3. The second kappa shape index (κ2) is 8.18. The first-order chi connectivity index (χ1) is 11.4. The maximum atomic E-state index is 13.4. The normalized spacial score (nSPS) is 12.7. The lowest BCUT2D eigenvalue weighted by molar-refractivity contribution is 0.142. The zero-order chi connectivity index (χ0) is 17.7. The highest BCUT2D eigenvalue weighted by Crippen LogP contribution is 2.33. The highest BCUT2D eigenvalue weighted by Gasteiger charge is 2.17. The van der Waals surface area contributed by atoms with Crippen molar-refractivity contribution >= 4 is 0 Å². The Morgan fingerprint density at radius 1 is 1.08 bits per heavy atom. The molecule has 1 aromatic carbocycles. The van der Waals surface area contributed by atoms with Gasteiger partial charge in [-0.15, -0.1) is 0 Å². The molecule has 5 heteroatoms. The van der Waals surface area contributed by atoms with Gasteiger partial charge in [0.1, 0.15) is 12.1 Å². The van der Waals surface area contributed by atoms with Crippen molar-refractivity contribution < 1.29 is 13.5 Å². The van der Waals surface area contributed by atoms with E-state index in [4.69, 9.17) is 4.74 Å². The minimum absolute atomic E-state index is 0.0967. The molecule has 0 amide bonds. The van der Waals surface area contributed by atoms with Crippen LogP contribution in [-0.2, 0) is 0 Å². The standard InChI is InChI=1S/C19H24F2N2O/c1-12(2)7-13(3)10-24-18-6-5-15(9-16(18)19(20)21)17-8-14(4)22-11-23-17/h5-6,8-9,11-13,19H,7,10H2,1-4H3. The van der Waals surface area contributed by atoms with Crippen LogP contribution in [0.15, 0.2) is 30.6 Å². The van der Waals surface area contributed by atoms with Crippen molar-refractivity contribution in [3.63, 3.8) is 0 Å². The molecule has 0 spiro atoms. The van der Waals surface area contributed by atoms with E-state index in [1.165, 1.54) is 12.4 Å². The van der Waals surface area contributed by atoms with Gasteiger partial charge in [0.05, 0.1) is 17.9 Å². The van der Waals surface area contributed by atoms with Crippen LogP contribution in [0.25, 0.3) is 11.3 Å². The minimum Gasteiger partial charge on any atom is -0.493 e. The molecule has 0 aliphatic carbocycles. The number of aromatic nitrogens is 2.